The summed E-state index contributed by atoms with van der Waals surface area (Å²) in [6.07, 6.45) is -0.191. The highest BCUT2D eigenvalue weighted by molar-refractivity contribution is 7.80. The number of ether oxygens (including phenoxy) is 2. The first kappa shape index (κ1) is 55.1. The Morgan fingerprint density at radius 3 is 1.89 bits per heavy atom. The number of guanidine groups is 1. The Morgan fingerprint density at radius 2 is 1.28 bits per heavy atom. The number of carboxylic acids is 1. The summed E-state index contributed by atoms with van der Waals surface area (Å²) in [6.45, 7) is 1.16. The van der Waals surface area contributed by atoms with Gasteiger partial charge in [0.2, 0.25) is 47.3 Å². The summed E-state index contributed by atoms with van der Waals surface area (Å²) in [4.78, 5) is 119. The highest BCUT2D eigenvalue weighted by Crippen LogP contribution is 2.09. The van der Waals surface area contributed by atoms with Gasteiger partial charge in [0, 0.05) is 51.2 Å². The maximum atomic E-state index is 13.9. The molecule has 15 N–H and O–H groups in total. The van der Waals surface area contributed by atoms with Gasteiger partial charge in [0.25, 0.3) is 0 Å². The van der Waals surface area contributed by atoms with Gasteiger partial charge in [-0.15, -0.1) is 0 Å². The van der Waals surface area contributed by atoms with E-state index in [1.807, 2.05) is 0 Å². The Morgan fingerprint density at radius 1 is 0.723 bits per heavy atom. The Kier molecular flexibility index (Phi) is 26.9. The molecule has 0 spiro atoms. The number of rotatable bonds is 27. The second-order valence-electron chi connectivity index (χ2n) is 14.8. The van der Waals surface area contributed by atoms with Crippen molar-refractivity contribution in [1.29, 1.82) is 0 Å². The van der Waals surface area contributed by atoms with E-state index in [4.69, 9.17) is 26.7 Å². The molecule has 1 aliphatic rings. The molecule has 2 rings (SSSR count). The second kappa shape index (κ2) is 31.7. The molecule has 25 heteroatoms. The van der Waals surface area contributed by atoms with Crippen molar-refractivity contribution >= 4 is 71.8 Å². The van der Waals surface area contributed by atoms with Crippen LogP contribution in [-0.2, 0) is 59.0 Å². The first-order valence-corrected chi connectivity index (χ1v) is 21.8. The van der Waals surface area contributed by atoms with Gasteiger partial charge in [0.15, 0.2) is 5.96 Å². The van der Waals surface area contributed by atoms with Crippen LogP contribution in [0.5, 0.6) is 0 Å². The summed E-state index contributed by atoms with van der Waals surface area (Å²) in [6, 6.07) is 2.45. The molecule has 8 amide bonds. The van der Waals surface area contributed by atoms with Gasteiger partial charge in [-0.1, -0.05) is 30.3 Å². The lowest BCUT2D eigenvalue weighted by atomic mass is 10.0. The molecule has 1 saturated heterocycles. The van der Waals surface area contributed by atoms with Crippen molar-refractivity contribution in [2.75, 3.05) is 64.9 Å². The van der Waals surface area contributed by atoms with E-state index in [1.165, 1.54) is 0 Å². The Labute approximate surface area is 382 Å². The van der Waals surface area contributed by atoms with Crippen molar-refractivity contribution in [3.05, 3.63) is 35.9 Å². The second-order valence-corrected chi connectivity index (χ2v) is 15.1. The number of aliphatic imine (C=N–C) groups is 1. The minimum absolute atomic E-state index is 0.0145. The number of benzene rings is 1. The third-order valence-corrected chi connectivity index (χ3v) is 9.81. The van der Waals surface area contributed by atoms with Gasteiger partial charge < -0.3 is 74.3 Å². The Hall–Kier alpha value is -6.05. The van der Waals surface area contributed by atoms with Crippen molar-refractivity contribution < 1.29 is 57.7 Å². The number of aliphatic carboxylic acids is 1. The van der Waals surface area contributed by atoms with E-state index >= 15 is 0 Å². The van der Waals surface area contributed by atoms with Gasteiger partial charge >= 0.3 is 5.97 Å². The zero-order valence-electron chi connectivity index (χ0n) is 36.3. The van der Waals surface area contributed by atoms with Crippen LogP contribution in [0, 0.1) is 0 Å². The molecule has 0 aromatic heterocycles. The fraction of sp³-hybridized carbons (Fsp3) is 0.600. The van der Waals surface area contributed by atoms with Crippen LogP contribution in [0.25, 0.3) is 0 Å². The topological polar surface area (TPSA) is 379 Å². The SMILES string of the molecule is NC(N)=NCCC[C@@H]1NC(=O)[C@H](CCCCNC(=O)CCC(=O)NCCOCCOCCNC(=O)[C@H](N)CS)NC(=O)[C@@H](Cc2ccccc2)NC(=O)[C@H](CC(=O)O)NC(=O)CNC1=O. The number of nitrogens with two attached hydrogens (primary N) is 3. The molecule has 0 radical (unpaired) electrons. The molecule has 0 aliphatic carbocycles. The number of nitrogens with zero attached hydrogens (tertiary/aromatic N) is 1. The molecule has 1 aromatic rings. The number of thiol groups is 1. The van der Waals surface area contributed by atoms with Gasteiger partial charge in [-0.3, -0.25) is 48.1 Å². The maximum Gasteiger partial charge on any atom is 0.305 e. The summed E-state index contributed by atoms with van der Waals surface area (Å²) in [7, 11) is 0. The van der Waals surface area contributed by atoms with Crippen molar-refractivity contribution in [2.24, 2.45) is 22.2 Å². The van der Waals surface area contributed by atoms with Crippen molar-refractivity contribution in [3.8, 4) is 0 Å². The number of nitrogens with one attached hydrogen (secondary N) is 8. The molecular weight excluding hydrogens is 873 g/mol. The van der Waals surface area contributed by atoms with Crippen LogP contribution in [0.3, 0.4) is 0 Å². The third-order valence-electron chi connectivity index (χ3n) is 9.42. The number of amides is 8. The van der Waals surface area contributed by atoms with E-state index in [0.717, 1.165) is 0 Å². The molecule has 362 valence electrons. The predicted molar refractivity (Wildman–Crippen MR) is 239 cm³/mol. The predicted octanol–water partition coefficient (Wildman–Crippen LogP) is -4.58. The van der Waals surface area contributed by atoms with E-state index in [-0.39, 0.29) is 120 Å². The fourth-order valence-corrected chi connectivity index (χ4v) is 6.15. The largest absolute Gasteiger partial charge is 0.481 e. The van der Waals surface area contributed by atoms with Crippen molar-refractivity contribution in [2.45, 2.75) is 88.0 Å². The lowest BCUT2D eigenvalue weighted by Crippen LogP contribution is -2.58. The summed E-state index contributed by atoms with van der Waals surface area (Å²) in [5.41, 5.74) is 17.0. The first-order valence-electron chi connectivity index (χ1n) is 21.2. The van der Waals surface area contributed by atoms with Gasteiger partial charge in [-0.25, -0.2) is 0 Å². The minimum Gasteiger partial charge on any atom is -0.481 e. The zero-order chi connectivity index (χ0) is 48.0. The third kappa shape index (κ3) is 24.6. The lowest BCUT2D eigenvalue weighted by molar-refractivity contribution is -0.141. The molecule has 1 heterocycles. The first-order chi connectivity index (χ1) is 31.1. The van der Waals surface area contributed by atoms with Crippen LogP contribution in [-0.4, -0.2) is 159 Å². The molecule has 0 unspecified atom stereocenters. The quantitative estimate of drug-likeness (QED) is 0.0171. The molecule has 1 aliphatic heterocycles. The van der Waals surface area contributed by atoms with Crippen LogP contribution in [0.4, 0.5) is 0 Å². The molecule has 65 heavy (non-hydrogen) atoms. The van der Waals surface area contributed by atoms with Gasteiger partial charge in [0.05, 0.1) is 45.4 Å². The van der Waals surface area contributed by atoms with E-state index in [9.17, 15) is 48.3 Å². The standard InChI is InChI=1S/C40H64N12O12S/c41-26(24-65)35(58)46-16-18-64-20-19-63-17-15-45-32(54)12-11-31(53)44-13-5-4-9-28-37(60)50-27(10-6-14-47-40(42)43)36(59)48-23-33(55)49-30(22-34(56)57)39(62)52-29(38(61)51-28)21-25-7-2-1-3-8-25/h1-3,7-8,26-30,65H,4-6,9-24,41H2,(H,44,53)(H,45,54)(H,46,58)(H,48,59)(H,49,55)(H,50,60)(H,51,61)(H,52,62)(H,56,57)(H4,42,43,47)/t26-,27+,28+,29-,30+/m1/s1. The van der Waals surface area contributed by atoms with Crippen molar-refractivity contribution in [3.63, 3.8) is 0 Å². The zero-order valence-corrected chi connectivity index (χ0v) is 37.2. The van der Waals surface area contributed by atoms with E-state index < -0.39 is 78.7 Å². The summed E-state index contributed by atoms with van der Waals surface area (Å²) in [5, 5.41) is 30.0. The Balaban J connectivity index is 2.00. The summed E-state index contributed by atoms with van der Waals surface area (Å²) >= 11 is 3.96. The van der Waals surface area contributed by atoms with Crippen LogP contribution in [0.1, 0.15) is 56.9 Å². The molecule has 1 aromatic carbocycles. The monoisotopic (exact) mass is 936 g/mol. The molecule has 1 fully saturated rings. The number of carboxylic acid groups (broad SMARTS) is 1. The van der Waals surface area contributed by atoms with Gasteiger partial charge in [-0.05, 0) is 37.7 Å². The van der Waals surface area contributed by atoms with Crippen molar-refractivity contribution in [1.82, 2.24) is 42.5 Å². The van der Waals surface area contributed by atoms with Gasteiger partial charge in [-0.2, -0.15) is 12.6 Å². The van der Waals surface area contributed by atoms with E-state index in [2.05, 4.69) is 60.2 Å². The summed E-state index contributed by atoms with van der Waals surface area (Å²) < 4.78 is 10.8. The molecule has 0 saturated carbocycles. The van der Waals surface area contributed by atoms with Crippen LogP contribution < -0.4 is 59.7 Å². The molecular formula is C40H64N12O12S. The minimum atomic E-state index is -1.62. The maximum absolute atomic E-state index is 13.9. The van der Waals surface area contributed by atoms with Crippen LogP contribution in [0.15, 0.2) is 35.3 Å². The lowest BCUT2D eigenvalue weighted by Gasteiger charge is -2.26. The molecule has 0 bridgehead atoms. The number of carbonyl (C=O) groups excluding carboxylic acids is 8. The summed E-state index contributed by atoms with van der Waals surface area (Å²) in [5.74, 6) is -6.64. The van der Waals surface area contributed by atoms with Crippen LogP contribution in [0.2, 0.25) is 0 Å². The van der Waals surface area contributed by atoms with E-state index in [0.29, 0.717) is 18.5 Å². The number of hydrogen-bond donors (Lipinski definition) is 13. The highest BCUT2D eigenvalue weighted by atomic mass is 32.1. The fourth-order valence-electron chi connectivity index (χ4n) is 5.99. The Bertz CT molecular complexity index is 1760. The highest BCUT2D eigenvalue weighted by Gasteiger charge is 2.33. The molecule has 5 atom stereocenters. The van der Waals surface area contributed by atoms with E-state index in [1.54, 1.807) is 30.3 Å². The average Bonchev–Trinajstić information content (AvgIpc) is 3.27. The van der Waals surface area contributed by atoms with Gasteiger partial charge in [0.1, 0.15) is 24.2 Å². The molecule has 24 nitrogen and oxygen atoms in total. The normalized spacial score (nSPS) is 18.8. The number of carbonyl (C=O) groups is 9. The number of unbranched alkanes of at least 4 members (excludes halogenated alkanes) is 1. The van der Waals surface area contributed by atoms with Crippen LogP contribution >= 0.6 is 12.6 Å². The average molecular weight is 937 g/mol. The number of hydrogen-bond acceptors (Lipinski definition) is 14. The smallest absolute Gasteiger partial charge is 0.305 e.